The molecule has 1 amide bonds. The minimum absolute atomic E-state index is 0.0243. The van der Waals surface area contributed by atoms with Gasteiger partial charge in [-0.25, -0.2) is 4.98 Å². The van der Waals surface area contributed by atoms with Crippen LogP contribution in [0.1, 0.15) is 10.5 Å². The standard InChI is InChI=1S/C9H7FN4O/c10-8-3-1-2-7(14-8)9(15)13-6-4-11-12-5-6/h1-5H,(H,11,12)(H,13,15). The molecule has 0 aromatic carbocycles. The summed E-state index contributed by atoms with van der Waals surface area (Å²) >= 11 is 0. The number of hydrogen-bond acceptors (Lipinski definition) is 3. The highest BCUT2D eigenvalue weighted by atomic mass is 19.1. The van der Waals surface area contributed by atoms with E-state index in [-0.39, 0.29) is 5.69 Å². The molecule has 0 bridgehead atoms. The number of halogens is 1. The van der Waals surface area contributed by atoms with Crippen LogP contribution in [0, 0.1) is 5.95 Å². The second-order valence-electron chi connectivity index (χ2n) is 2.79. The van der Waals surface area contributed by atoms with E-state index in [0.717, 1.165) is 0 Å². The number of hydrogen-bond donors (Lipinski definition) is 2. The molecule has 2 aromatic heterocycles. The lowest BCUT2D eigenvalue weighted by molar-refractivity contribution is 0.102. The summed E-state index contributed by atoms with van der Waals surface area (Å²) in [6.07, 6.45) is 2.95. The Kier molecular flexibility index (Phi) is 2.40. The number of carbonyl (C=O) groups excluding carboxylic acids is 1. The lowest BCUT2D eigenvalue weighted by atomic mass is 10.3. The summed E-state index contributed by atoms with van der Waals surface area (Å²) in [5, 5.41) is 8.69. The topological polar surface area (TPSA) is 70.7 Å². The van der Waals surface area contributed by atoms with Crippen LogP contribution in [0.4, 0.5) is 10.1 Å². The van der Waals surface area contributed by atoms with Crippen LogP contribution in [0.5, 0.6) is 0 Å². The fraction of sp³-hybridized carbons (Fsp3) is 0. The highest BCUT2D eigenvalue weighted by molar-refractivity contribution is 6.02. The Labute approximate surface area is 84.3 Å². The fourth-order valence-electron chi connectivity index (χ4n) is 1.05. The van der Waals surface area contributed by atoms with Crippen LogP contribution in [0.2, 0.25) is 0 Å². The Morgan fingerprint density at radius 1 is 1.47 bits per heavy atom. The first kappa shape index (κ1) is 9.32. The Balaban J connectivity index is 2.15. The molecule has 0 fully saturated rings. The van der Waals surface area contributed by atoms with Crippen molar-refractivity contribution in [2.75, 3.05) is 5.32 Å². The molecular formula is C9H7FN4O. The highest BCUT2D eigenvalue weighted by Gasteiger charge is 2.08. The molecule has 6 heteroatoms. The average molecular weight is 206 g/mol. The van der Waals surface area contributed by atoms with Crippen LogP contribution < -0.4 is 5.32 Å². The Morgan fingerprint density at radius 3 is 3.00 bits per heavy atom. The molecule has 0 radical (unpaired) electrons. The van der Waals surface area contributed by atoms with E-state index in [0.29, 0.717) is 5.69 Å². The van der Waals surface area contributed by atoms with Crippen molar-refractivity contribution in [1.82, 2.24) is 15.2 Å². The minimum atomic E-state index is -0.685. The molecule has 2 N–H and O–H groups in total. The Hall–Kier alpha value is -2.24. The second-order valence-corrected chi connectivity index (χ2v) is 2.79. The van der Waals surface area contributed by atoms with E-state index in [1.807, 2.05) is 0 Å². The van der Waals surface area contributed by atoms with E-state index in [2.05, 4.69) is 20.5 Å². The molecule has 0 unspecified atom stereocenters. The molecule has 0 aliphatic rings. The van der Waals surface area contributed by atoms with Gasteiger partial charge in [-0.15, -0.1) is 0 Å². The summed E-state index contributed by atoms with van der Waals surface area (Å²) in [6, 6.07) is 4.03. The number of amides is 1. The van der Waals surface area contributed by atoms with Gasteiger partial charge in [-0.05, 0) is 12.1 Å². The molecule has 0 saturated carbocycles. The van der Waals surface area contributed by atoms with Gasteiger partial charge in [-0.1, -0.05) is 6.07 Å². The number of carbonyl (C=O) groups is 1. The molecule has 0 saturated heterocycles. The molecule has 0 atom stereocenters. The predicted octanol–water partition coefficient (Wildman–Crippen LogP) is 1.20. The van der Waals surface area contributed by atoms with Crippen LogP contribution in [-0.4, -0.2) is 21.1 Å². The summed E-state index contributed by atoms with van der Waals surface area (Å²) in [4.78, 5) is 14.9. The van der Waals surface area contributed by atoms with Gasteiger partial charge < -0.3 is 5.32 Å². The maximum absolute atomic E-state index is 12.7. The summed E-state index contributed by atoms with van der Waals surface area (Å²) in [5.41, 5.74) is 0.530. The first-order valence-corrected chi connectivity index (χ1v) is 4.18. The number of pyridine rings is 1. The summed E-state index contributed by atoms with van der Waals surface area (Å²) < 4.78 is 12.7. The van der Waals surface area contributed by atoms with Gasteiger partial charge in [0.25, 0.3) is 5.91 Å². The third-order valence-electron chi connectivity index (χ3n) is 1.70. The van der Waals surface area contributed by atoms with Crippen molar-refractivity contribution in [2.24, 2.45) is 0 Å². The maximum atomic E-state index is 12.7. The van der Waals surface area contributed by atoms with Gasteiger partial charge in [0.15, 0.2) is 0 Å². The number of aromatic nitrogens is 3. The third-order valence-corrected chi connectivity index (χ3v) is 1.70. The number of aromatic amines is 1. The Bertz CT molecular complexity index is 469. The van der Waals surface area contributed by atoms with Crippen LogP contribution >= 0.6 is 0 Å². The van der Waals surface area contributed by atoms with Gasteiger partial charge in [0.1, 0.15) is 5.69 Å². The normalized spacial score (nSPS) is 9.93. The number of nitrogens with zero attached hydrogens (tertiary/aromatic N) is 2. The zero-order valence-electron chi connectivity index (χ0n) is 7.57. The van der Waals surface area contributed by atoms with E-state index in [4.69, 9.17) is 0 Å². The molecule has 2 heterocycles. The van der Waals surface area contributed by atoms with Gasteiger partial charge >= 0.3 is 0 Å². The summed E-state index contributed by atoms with van der Waals surface area (Å²) in [7, 11) is 0. The zero-order chi connectivity index (χ0) is 10.7. The van der Waals surface area contributed by atoms with Crippen molar-refractivity contribution in [2.45, 2.75) is 0 Å². The van der Waals surface area contributed by atoms with Crippen LogP contribution in [0.3, 0.4) is 0 Å². The molecule has 0 aliphatic heterocycles. The second kappa shape index (κ2) is 3.87. The third kappa shape index (κ3) is 2.16. The largest absolute Gasteiger partial charge is 0.318 e. The van der Waals surface area contributed by atoms with Crippen molar-refractivity contribution < 1.29 is 9.18 Å². The molecular weight excluding hydrogens is 199 g/mol. The molecule has 2 rings (SSSR count). The van der Waals surface area contributed by atoms with Crippen molar-refractivity contribution >= 4 is 11.6 Å². The number of H-pyrrole nitrogens is 1. The van der Waals surface area contributed by atoms with E-state index in [1.165, 1.54) is 30.6 Å². The Morgan fingerprint density at radius 2 is 2.33 bits per heavy atom. The van der Waals surface area contributed by atoms with E-state index < -0.39 is 11.9 Å². The van der Waals surface area contributed by atoms with Crippen LogP contribution in [-0.2, 0) is 0 Å². The molecule has 2 aromatic rings. The van der Waals surface area contributed by atoms with Gasteiger partial charge in [-0.2, -0.15) is 9.49 Å². The minimum Gasteiger partial charge on any atom is -0.318 e. The maximum Gasteiger partial charge on any atom is 0.274 e. The smallest absolute Gasteiger partial charge is 0.274 e. The van der Waals surface area contributed by atoms with Gasteiger partial charge in [0, 0.05) is 6.20 Å². The van der Waals surface area contributed by atoms with Gasteiger partial charge in [0.2, 0.25) is 5.95 Å². The first-order valence-electron chi connectivity index (χ1n) is 4.18. The predicted molar refractivity (Wildman–Crippen MR) is 50.7 cm³/mol. The summed E-state index contributed by atoms with van der Waals surface area (Å²) in [5.74, 6) is -1.16. The highest BCUT2D eigenvalue weighted by Crippen LogP contribution is 2.05. The number of anilines is 1. The molecule has 76 valence electrons. The monoisotopic (exact) mass is 206 g/mol. The lowest BCUT2D eigenvalue weighted by Gasteiger charge is -2.00. The van der Waals surface area contributed by atoms with Crippen LogP contribution in [0.25, 0.3) is 0 Å². The molecule has 15 heavy (non-hydrogen) atoms. The summed E-state index contributed by atoms with van der Waals surface area (Å²) in [6.45, 7) is 0. The van der Waals surface area contributed by atoms with E-state index >= 15 is 0 Å². The van der Waals surface area contributed by atoms with E-state index in [1.54, 1.807) is 0 Å². The quantitative estimate of drug-likeness (QED) is 0.725. The average Bonchev–Trinajstić information content (AvgIpc) is 2.70. The van der Waals surface area contributed by atoms with Gasteiger partial charge in [-0.3, -0.25) is 9.89 Å². The van der Waals surface area contributed by atoms with Crippen molar-refractivity contribution in [1.29, 1.82) is 0 Å². The lowest BCUT2D eigenvalue weighted by Crippen LogP contribution is -2.13. The van der Waals surface area contributed by atoms with Crippen molar-refractivity contribution in [3.63, 3.8) is 0 Å². The molecule has 0 aliphatic carbocycles. The fourth-order valence-corrected chi connectivity index (χ4v) is 1.05. The molecule has 5 nitrogen and oxygen atoms in total. The van der Waals surface area contributed by atoms with Crippen molar-refractivity contribution in [3.05, 3.63) is 42.2 Å². The first-order chi connectivity index (χ1) is 7.25. The van der Waals surface area contributed by atoms with Crippen LogP contribution in [0.15, 0.2) is 30.6 Å². The number of nitrogens with one attached hydrogen (secondary N) is 2. The zero-order valence-corrected chi connectivity index (χ0v) is 7.57. The molecule has 0 spiro atoms. The SMILES string of the molecule is O=C(Nc1cn[nH]c1)c1cccc(F)n1. The number of rotatable bonds is 2. The van der Waals surface area contributed by atoms with Crippen molar-refractivity contribution in [3.8, 4) is 0 Å². The van der Waals surface area contributed by atoms with E-state index in [9.17, 15) is 9.18 Å². The van der Waals surface area contributed by atoms with Gasteiger partial charge in [0.05, 0.1) is 11.9 Å².